The Balaban J connectivity index is 1.95. The molecule has 0 bridgehead atoms. The molecule has 4 rings (SSSR count). The maximum absolute atomic E-state index is 6.03. The number of benzene rings is 2. The number of rotatable bonds is 1. The lowest BCUT2D eigenvalue weighted by atomic mass is 10.00. The highest BCUT2D eigenvalue weighted by molar-refractivity contribution is 6.67. The number of aromatic nitrogens is 1. The van der Waals surface area contributed by atoms with Crippen molar-refractivity contribution in [2.45, 2.75) is 26.9 Å². The third-order valence-electron chi connectivity index (χ3n) is 4.04. The highest BCUT2D eigenvalue weighted by atomic mass is 28.4. The van der Waals surface area contributed by atoms with Crippen molar-refractivity contribution in [2.75, 3.05) is 0 Å². The van der Waals surface area contributed by atoms with Crippen molar-refractivity contribution >= 4 is 19.3 Å². The minimum atomic E-state index is -2.08. The van der Waals surface area contributed by atoms with Crippen molar-refractivity contribution in [1.29, 1.82) is 0 Å². The number of hydrogen-bond acceptors (Lipinski definition) is 3. The van der Waals surface area contributed by atoms with Crippen LogP contribution in [-0.4, -0.2) is 13.5 Å². The Kier molecular flexibility index (Phi) is 3.00. The Morgan fingerprint density at radius 3 is 2.22 bits per heavy atom. The molecule has 3 nitrogen and oxygen atoms in total. The molecule has 3 aromatic rings. The molecule has 1 aliphatic heterocycles. The van der Waals surface area contributed by atoms with Gasteiger partial charge in [0.25, 0.3) is 0 Å². The monoisotopic (exact) mass is 321 g/mol. The van der Waals surface area contributed by atoms with Crippen LogP contribution in [0.3, 0.4) is 0 Å². The Morgan fingerprint density at radius 2 is 1.52 bits per heavy atom. The normalized spacial score (nSPS) is 15.1. The van der Waals surface area contributed by atoms with Crippen molar-refractivity contribution < 1.29 is 8.85 Å². The molecule has 0 saturated carbocycles. The third-order valence-corrected chi connectivity index (χ3v) is 5.46. The lowest BCUT2D eigenvalue weighted by molar-refractivity contribution is 0.474. The smallest absolute Gasteiger partial charge is 0.454 e. The molecule has 2 aromatic carbocycles. The summed E-state index contributed by atoms with van der Waals surface area (Å²) in [7, 11) is -2.08. The van der Waals surface area contributed by atoms with Crippen LogP contribution in [0.25, 0.3) is 22.0 Å². The predicted molar refractivity (Wildman–Crippen MR) is 95.4 cm³/mol. The summed E-state index contributed by atoms with van der Waals surface area (Å²) in [5, 5.41) is 2.23. The average molecular weight is 321 g/mol. The molecule has 0 N–H and O–H groups in total. The molecule has 1 aliphatic rings. The second-order valence-corrected chi connectivity index (χ2v) is 9.87. The van der Waals surface area contributed by atoms with Gasteiger partial charge in [-0.15, -0.1) is 0 Å². The summed E-state index contributed by atoms with van der Waals surface area (Å²) in [5.41, 5.74) is 4.62. The van der Waals surface area contributed by atoms with Gasteiger partial charge in [0.15, 0.2) is 0 Å². The van der Waals surface area contributed by atoms with Crippen molar-refractivity contribution in [3.8, 4) is 22.8 Å². The summed E-state index contributed by atoms with van der Waals surface area (Å²) < 4.78 is 12.0. The summed E-state index contributed by atoms with van der Waals surface area (Å²) in [6.45, 7) is 8.34. The van der Waals surface area contributed by atoms with Crippen molar-refractivity contribution in [3.05, 3.63) is 53.7 Å². The fourth-order valence-electron chi connectivity index (χ4n) is 3.23. The van der Waals surface area contributed by atoms with E-state index in [1.807, 2.05) is 12.3 Å². The van der Waals surface area contributed by atoms with E-state index in [0.717, 1.165) is 33.5 Å². The van der Waals surface area contributed by atoms with E-state index in [-0.39, 0.29) is 0 Å². The SMILES string of the molecule is Cc1cc(C)cc(-c2nccc3cc4c(cc23)O[Si](C)(C)O4)c1. The van der Waals surface area contributed by atoms with Gasteiger partial charge in [0.05, 0.1) is 5.69 Å². The zero-order valence-electron chi connectivity index (χ0n) is 13.8. The van der Waals surface area contributed by atoms with Gasteiger partial charge < -0.3 is 8.85 Å². The van der Waals surface area contributed by atoms with Gasteiger partial charge in [-0.25, -0.2) is 0 Å². The molecule has 4 heteroatoms. The maximum Gasteiger partial charge on any atom is 0.454 e. The Hall–Kier alpha value is -2.33. The standard InChI is InChI=1S/C19H19NO2Si/c1-12-7-13(2)9-15(8-12)19-16-11-18-17(21-23(3,4)22-18)10-14(16)5-6-20-19/h5-11H,1-4H3. The molecule has 0 spiro atoms. The van der Waals surface area contributed by atoms with Gasteiger partial charge in [-0.1, -0.05) is 17.2 Å². The highest BCUT2D eigenvalue weighted by Crippen LogP contribution is 2.42. The van der Waals surface area contributed by atoms with Crippen molar-refractivity contribution in [1.82, 2.24) is 4.98 Å². The van der Waals surface area contributed by atoms with Gasteiger partial charge in [-0.2, -0.15) is 0 Å². The van der Waals surface area contributed by atoms with E-state index < -0.39 is 8.56 Å². The number of pyridine rings is 1. The van der Waals surface area contributed by atoms with E-state index in [0.29, 0.717) is 0 Å². The highest BCUT2D eigenvalue weighted by Gasteiger charge is 2.37. The van der Waals surface area contributed by atoms with Crippen molar-refractivity contribution in [2.24, 2.45) is 0 Å². The fraction of sp³-hybridized carbons (Fsp3) is 0.211. The molecule has 0 radical (unpaired) electrons. The largest absolute Gasteiger partial charge is 0.509 e. The number of hydrogen-bond donors (Lipinski definition) is 0. The van der Waals surface area contributed by atoms with Crippen LogP contribution in [0.15, 0.2) is 42.6 Å². The molecule has 0 fully saturated rings. The van der Waals surface area contributed by atoms with Crippen LogP contribution in [0, 0.1) is 13.8 Å². The van der Waals surface area contributed by atoms with Gasteiger partial charge in [0.2, 0.25) is 0 Å². The maximum atomic E-state index is 6.03. The quantitative estimate of drug-likeness (QED) is 0.592. The molecule has 0 atom stereocenters. The Labute approximate surface area is 137 Å². The summed E-state index contributed by atoms with van der Waals surface area (Å²) in [6.07, 6.45) is 1.86. The van der Waals surface area contributed by atoms with E-state index in [9.17, 15) is 0 Å². The zero-order valence-corrected chi connectivity index (χ0v) is 14.8. The summed E-state index contributed by atoms with van der Waals surface area (Å²) in [6, 6.07) is 12.7. The average Bonchev–Trinajstić information content (AvgIpc) is 2.75. The van der Waals surface area contributed by atoms with Crippen LogP contribution in [0.5, 0.6) is 11.5 Å². The van der Waals surface area contributed by atoms with E-state index >= 15 is 0 Å². The summed E-state index contributed by atoms with van der Waals surface area (Å²) in [4.78, 5) is 4.64. The number of fused-ring (bicyclic) bond motifs is 2. The first-order valence-electron chi connectivity index (χ1n) is 7.81. The molecule has 116 valence electrons. The Bertz CT molecular complexity index is 914. The predicted octanol–water partition coefficient (Wildman–Crippen LogP) is 4.99. The van der Waals surface area contributed by atoms with E-state index in [4.69, 9.17) is 8.85 Å². The summed E-state index contributed by atoms with van der Waals surface area (Å²) >= 11 is 0. The first-order chi connectivity index (χ1) is 10.9. The lowest BCUT2D eigenvalue weighted by Crippen LogP contribution is -2.36. The van der Waals surface area contributed by atoms with Gasteiger partial charge in [0.1, 0.15) is 11.5 Å². The van der Waals surface area contributed by atoms with Crippen LogP contribution in [0.2, 0.25) is 13.1 Å². The van der Waals surface area contributed by atoms with Crippen LogP contribution in [0.4, 0.5) is 0 Å². The first kappa shape index (κ1) is 14.3. The van der Waals surface area contributed by atoms with Gasteiger partial charge in [-0.3, -0.25) is 4.98 Å². The van der Waals surface area contributed by atoms with E-state index in [1.54, 1.807) is 0 Å². The number of aryl methyl sites for hydroxylation is 2. The zero-order chi connectivity index (χ0) is 16.2. The second-order valence-electron chi connectivity index (χ2n) is 6.66. The van der Waals surface area contributed by atoms with E-state index in [2.05, 4.69) is 62.3 Å². The molecular weight excluding hydrogens is 302 g/mol. The van der Waals surface area contributed by atoms with Crippen LogP contribution in [-0.2, 0) is 0 Å². The molecule has 0 saturated heterocycles. The molecular formula is C19H19NO2Si. The topological polar surface area (TPSA) is 31.4 Å². The Morgan fingerprint density at radius 1 is 0.870 bits per heavy atom. The second kappa shape index (κ2) is 4.83. The first-order valence-corrected chi connectivity index (χ1v) is 10.6. The van der Waals surface area contributed by atoms with Gasteiger partial charge in [0, 0.05) is 30.2 Å². The molecule has 0 unspecified atom stereocenters. The molecule has 23 heavy (non-hydrogen) atoms. The van der Waals surface area contributed by atoms with E-state index in [1.165, 1.54) is 11.1 Å². The number of nitrogens with zero attached hydrogens (tertiary/aromatic N) is 1. The van der Waals surface area contributed by atoms with Gasteiger partial charge in [-0.05, 0) is 49.6 Å². The lowest BCUT2D eigenvalue weighted by Gasteiger charge is -2.11. The van der Waals surface area contributed by atoms with Gasteiger partial charge >= 0.3 is 8.56 Å². The van der Waals surface area contributed by atoms with Crippen molar-refractivity contribution in [3.63, 3.8) is 0 Å². The van der Waals surface area contributed by atoms with Crippen LogP contribution >= 0.6 is 0 Å². The molecule has 2 heterocycles. The minimum Gasteiger partial charge on any atom is -0.509 e. The molecule has 0 amide bonds. The fourth-order valence-corrected chi connectivity index (χ4v) is 4.65. The molecule has 1 aromatic heterocycles. The summed E-state index contributed by atoms with van der Waals surface area (Å²) in [5.74, 6) is 1.69. The minimum absolute atomic E-state index is 0.841. The van der Waals surface area contributed by atoms with Crippen LogP contribution in [0.1, 0.15) is 11.1 Å². The molecule has 0 aliphatic carbocycles. The third kappa shape index (κ3) is 2.49. The van der Waals surface area contributed by atoms with Crippen LogP contribution < -0.4 is 8.85 Å².